The van der Waals surface area contributed by atoms with Gasteiger partial charge in [0, 0.05) is 35.3 Å². The van der Waals surface area contributed by atoms with E-state index < -0.39 is 0 Å². The molecule has 3 aromatic carbocycles. The Hall–Kier alpha value is -3.27. The molecule has 4 aromatic rings. The standard InChI is InChI=1S/C22H18FN3/c1-15-19(13-18-14-26(2)25-22(18)20(15)23)24-21(16-9-5-3-6-10-16)17-11-7-4-8-12-17/h3-14H,1-2H3. The molecule has 0 aliphatic rings. The summed E-state index contributed by atoms with van der Waals surface area (Å²) in [4.78, 5) is 4.86. The van der Waals surface area contributed by atoms with Crippen molar-refractivity contribution in [1.29, 1.82) is 0 Å². The summed E-state index contributed by atoms with van der Waals surface area (Å²) in [5.41, 5.74) is 4.29. The molecule has 1 aromatic heterocycles. The summed E-state index contributed by atoms with van der Waals surface area (Å²) >= 11 is 0. The van der Waals surface area contributed by atoms with Crippen LogP contribution in [0, 0.1) is 12.7 Å². The average molecular weight is 343 g/mol. The molecule has 0 saturated carbocycles. The molecular formula is C22H18FN3. The quantitative estimate of drug-likeness (QED) is 0.471. The first-order valence-corrected chi connectivity index (χ1v) is 8.45. The maximum absolute atomic E-state index is 14.8. The summed E-state index contributed by atoms with van der Waals surface area (Å²) in [7, 11) is 1.79. The lowest BCUT2D eigenvalue weighted by Gasteiger charge is -2.10. The second-order valence-electron chi connectivity index (χ2n) is 6.27. The van der Waals surface area contributed by atoms with Gasteiger partial charge in [-0.25, -0.2) is 9.38 Å². The molecule has 0 radical (unpaired) electrons. The number of fused-ring (bicyclic) bond motifs is 1. The normalized spacial score (nSPS) is 10.9. The third-order valence-corrected chi connectivity index (χ3v) is 4.40. The second-order valence-corrected chi connectivity index (χ2v) is 6.27. The van der Waals surface area contributed by atoms with Crippen LogP contribution < -0.4 is 0 Å². The van der Waals surface area contributed by atoms with E-state index in [0.29, 0.717) is 16.8 Å². The molecule has 3 nitrogen and oxygen atoms in total. The van der Waals surface area contributed by atoms with Crippen LogP contribution in [0.3, 0.4) is 0 Å². The number of rotatable bonds is 3. The summed E-state index contributed by atoms with van der Waals surface area (Å²) < 4.78 is 16.4. The number of aliphatic imine (C=N–C) groups is 1. The number of aryl methyl sites for hydroxylation is 1. The first kappa shape index (κ1) is 16.2. The number of aromatic nitrogens is 2. The number of hydrogen-bond donors (Lipinski definition) is 0. The molecule has 0 aliphatic carbocycles. The van der Waals surface area contributed by atoms with E-state index in [0.717, 1.165) is 22.2 Å². The zero-order chi connectivity index (χ0) is 18.1. The lowest BCUT2D eigenvalue weighted by atomic mass is 10.0. The van der Waals surface area contributed by atoms with Crippen molar-refractivity contribution < 1.29 is 4.39 Å². The molecule has 1 heterocycles. The molecule has 0 fully saturated rings. The lowest BCUT2D eigenvalue weighted by molar-refractivity contribution is 0.624. The Balaban J connectivity index is 1.96. The molecule has 0 bridgehead atoms. The first-order chi connectivity index (χ1) is 12.6. The van der Waals surface area contributed by atoms with Crippen LogP contribution in [0.4, 0.5) is 10.1 Å². The molecule has 0 unspecified atom stereocenters. The summed E-state index contributed by atoms with van der Waals surface area (Å²) in [6.07, 6.45) is 1.81. The van der Waals surface area contributed by atoms with E-state index in [1.165, 1.54) is 0 Å². The van der Waals surface area contributed by atoms with E-state index in [1.54, 1.807) is 18.7 Å². The van der Waals surface area contributed by atoms with Crippen LogP contribution >= 0.6 is 0 Å². The average Bonchev–Trinajstić information content (AvgIpc) is 3.05. The smallest absolute Gasteiger partial charge is 0.156 e. The number of nitrogens with zero attached hydrogens (tertiary/aromatic N) is 3. The van der Waals surface area contributed by atoms with Crippen molar-refractivity contribution in [2.75, 3.05) is 0 Å². The minimum Gasteiger partial charge on any atom is -0.274 e. The third kappa shape index (κ3) is 2.90. The van der Waals surface area contributed by atoms with Crippen molar-refractivity contribution >= 4 is 22.3 Å². The fourth-order valence-electron chi connectivity index (χ4n) is 3.05. The van der Waals surface area contributed by atoms with Gasteiger partial charge < -0.3 is 0 Å². The molecule has 0 saturated heterocycles. The Morgan fingerprint density at radius 2 is 1.54 bits per heavy atom. The highest BCUT2D eigenvalue weighted by Gasteiger charge is 2.14. The molecule has 26 heavy (non-hydrogen) atoms. The second kappa shape index (κ2) is 6.56. The fourth-order valence-corrected chi connectivity index (χ4v) is 3.05. The van der Waals surface area contributed by atoms with Gasteiger partial charge >= 0.3 is 0 Å². The van der Waals surface area contributed by atoms with E-state index in [9.17, 15) is 4.39 Å². The maximum atomic E-state index is 14.8. The molecule has 0 amide bonds. The van der Waals surface area contributed by atoms with Crippen LogP contribution in [0.15, 0.2) is 77.9 Å². The Labute approximate surface area is 151 Å². The highest BCUT2D eigenvalue weighted by Crippen LogP contribution is 2.30. The van der Waals surface area contributed by atoms with Gasteiger partial charge in [0.25, 0.3) is 0 Å². The zero-order valence-electron chi connectivity index (χ0n) is 14.6. The molecule has 0 N–H and O–H groups in total. The van der Waals surface area contributed by atoms with Crippen LogP contribution in [0.1, 0.15) is 16.7 Å². The molecule has 4 rings (SSSR count). The minimum absolute atomic E-state index is 0.317. The molecule has 4 heteroatoms. The van der Waals surface area contributed by atoms with Gasteiger partial charge in [0.15, 0.2) is 5.82 Å². The molecule has 128 valence electrons. The van der Waals surface area contributed by atoms with Crippen molar-refractivity contribution in [2.24, 2.45) is 12.0 Å². The van der Waals surface area contributed by atoms with Crippen LogP contribution in [0.5, 0.6) is 0 Å². The van der Waals surface area contributed by atoms with Crippen molar-refractivity contribution in [3.05, 3.63) is 95.4 Å². The van der Waals surface area contributed by atoms with Gasteiger partial charge in [-0.3, -0.25) is 4.68 Å². The summed E-state index contributed by atoms with van der Waals surface area (Å²) in [5.74, 6) is -0.317. The van der Waals surface area contributed by atoms with Crippen molar-refractivity contribution in [3.8, 4) is 0 Å². The van der Waals surface area contributed by atoms with Gasteiger partial charge in [0.2, 0.25) is 0 Å². The van der Waals surface area contributed by atoms with Gasteiger partial charge in [0.05, 0.1) is 11.4 Å². The van der Waals surface area contributed by atoms with E-state index >= 15 is 0 Å². The van der Waals surface area contributed by atoms with Gasteiger partial charge in [-0.1, -0.05) is 60.7 Å². The third-order valence-electron chi connectivity index (χ3n) is 4.40. The van der Waals surface area contributed by atoms with Gasteiger partial charge in [-0.05, 0) is 13.0 Å². The Bertz CT molecular complexity index is 1060. The predicted molar refractivity (Wildman–Crippen MR) is 104 cm³/mol. The topological polar surface area (TPSA) is 30.2 Å². The van der Waals surface area contributed by atoms with Gasteiger partial charge in [-0.2, -0.15) is 5.10 Å². The molecule has 0 spiro atoms. The fraction of sp³-hybridized carbons (Fsp3) is 0.0909. The number of benzene rings is 3. The maximum Gasteiger partial charge on any atom is 0.156 e. The zero-order valence-corrected chi connectivity index (χ0v) is 14.6. The van der Waals surface area contributed by atoms with Crippen LogP contribution in [-0.4, -0.2) is 15.5 Å². The van der Waals surface area contributed by atoms with Crippen molar-refractivity contribution in [3.63, 3.8) is 0 Å². The lowest BCUT2D eigenvalue weighted by Crippen LogP contribution is -2.03. The molecule has 0 atom stereocenters. The molecule has 0 aliphatic heterocycles. The molecular weight excluding hydrogens is 325 g/mol. The number of halogens is 1. The summed E-state index contributed by atoms with van der Waals surface area (Å²) in [6, 6.07) is 21.8. The minimum atomic E-state index is -0.317. The first-order valence-electron chi connectivity index (χ1n) is 8.45. The highest BCUT2D eigenvalue weighted by molar-refractivity contribution is 6.14. The Morgan fingerprint density at radius 1 is 0.962 bits per heavy atom. The summed E-state index contributed by atoms with van der Waals surface area (Å²) in [5, 5.41) is 4.95. The summed E-state index contributed by atoms with van der Waals surface area (Å²) in [6.45, 7) is 1.75. The Kier molecular flexibility index (Phi) is 4.09. The van der Waals surface area contributed by atoms with Crippen molar-refractivity contribution in [1.82, 2.24) is 9.78 Å². The van der Waals surface area contributed by atoms with E-state index in [1.807, 2.05) is 72.9 Å². The largest absolute Gasteiger partial charge is 0.274 e. The van der Waals surface area contributed by atoms with E-state index in [2.05, 4.69) is 5.10 Å². The Morgan fingerprint density at radius 3 is 2.12 bits per heavy atom. The van der Waals surface area contributed by atoms with E-state index in [4.69, 9.17) is 4.99 Å². The predicted octanol–water partition coefficient (Wildman–Crippen LogP) is 5.19. The van der Waals surface area contributed by atoms with E-state index in [-0.39, 0.29) is 5.82 Å². The number of hydrogen-bond acceptors (Lipinski definition) is 2. The highest BCUT2D eigenvalue weighted by atomic mass is 19.1. The monoisotopic (exact) mass is 343 g/mol. The van der Waals surface area contributed by atoms with Gasteiger partial charge in [-0.15, -0.1) is 0 Å². The SMILES string of the molecule is Cc1c(N=C(c2ccccc2)c2ccccc2)cc2cn(C)nc2c1F. The van der Waals surface area contributed by atoms with Crippen LogP contribution in [0.2, 0.25) is 0 Å². The van der Waals surface area contributed by atoms with Gasteiger partial charge in [0.1, 0.15) is 5.52 Å². The van der Waals surface area contributed by atoms with Crippen molar-refractivity contribution in [2.45, 2.75) is 6.92 Å². The van der Waals surface area contributed by atoms with Crippen LogP contribution in [-0.2, 0) is 7.05 Å². The van der Waals surface area contributed by atoms with Crippen LogP contribution in [0.25, 0.3) is 10.9 Å².